The standard InChI is InChI=1S/C21H18N2O7/c1-29-17(24)8-4-7-14-15-9-10-16(23(15)20(14)27)21(28)30-11-22-18(25)12-5-2-3-6-13(12)19(22)26/h2-6,8,10,14-15H,7,9,11H2,1H3. The number of benzene rings is 1. The van der Waals surface area contributed by atoms with Gasteiger partial charge in [-0.25, -0.2) is 14.5 Å². The van der Waals surface area contributed by atoms with Gasteiger partial charge >= 0.3 is 11.9 Å². The third-order valence-corrected chi connectivity index (χ3v) is 5.42. The maximum atomic E-state index is 12.5. The van der Waals surface area contributed by atoms with Crippen molar-refractivity contribution in [2.24, 2.45) is 5.92 Å². The fourth-order valence-electron chi connectivity index (χ4n) is 3.87. The van der Waals surface area contributed by atoms with Gasteiger partial charge in [0.25, 0.3) is 11.8 Å². The van der Waals surface area contributed by atoms with Crippen molar-refractivity contribution in [3.05, 3.63) is 59.3 Å². The summed E-state index contributed by atoms with van der Waals surface area (Å²) in [7, 11) is 1.27. The third kappa shape index (κ3) is 3.08. The number of ether oxygens (including phenoxy) is 2. The minimum Gasteiger partial charge on any atom is -0.466 e. The Kier molecular flexibility index (Phi) is 4.94. The van der Waals surface area contributed by atoms with Crippen LogP contribution in [0.4, 0.5) is 0 Å². The number of allylic oxidation sites excluding steroid dienone is 1. The van der Waals surface area contributed by atoms with E-state index in [-0.39, 0.29) is 34.7 Å². The summed E-state index contributed by atoms with van der Waals surface area (Å²) in [5, 5.41) is 0. The van der Waals surface area contributed by atoms with E-state index >= 15 is 0 Å². The number of methoxy groups -OCH3 is 1. The normalized spacial score (nSPS) is 22.0. The first-order valence-electron chi connectivity index (χ1n) is 9.34. The van der Waals surface area contributed by atoms with Gasteiger partial charge in [0.15, 0.2) is 6.73 Å². The molecule has 1 aromatic rings. The quantitative estimate of drug-likeness (QED) is 0.298. The van der Waals surface area contributed by atoms with Crippen molar-refractivity contribution >= 4 is 29.7 Å². The zero-order valence-electron chi connectivity index (χ0n) is 16.1. The molecule has 0 spiro atoms. The number of carbonyl (C=O) groups is 5. The smallest absolute Gasteiger partial charge is 0.356 e. The van der Waals surface area contributed by atoms with Gasteiger partial charge < -0.3 is 14.4 Å². The van der Waals surface area contributed by atoms with Crippen LogP contribution < -0.4 is 0 Å². The Bertz CT molecular complexity index is 991. The van der Waals surface area contributed by atoms with Crippen molar-refractivity contribution in [2.75, 3.05) is 13.8 Å². The molecule has 154 valence electrons. The first kappa shape index (κ1) is 19.6. The summed E-state index contributed by atoms with van der Waals surface area (Å²) in [6, 6.07) is 6.19. The van der Waals surface area contributed by atoms with E-state index in [0.29, 0.717) is 12.8 Å². The molecule has 0 bridgehead atoms. The van der Waals surface area contributed by atoms with Gasteiger partial charge in [0.1, 0.15) is 5.70 Å². The van der Waals surface area contributed by atoms with Crippen LogP contribution in [0, 0.1) is 5.92 Å². The highest BCUT2D eigenvalue weighted by molar-refractivity contribution is 6.21. The van der Waals surface area contributed by atoms with Crippen LogP contribution in [0.3, 0.4) is 0 Å². The van der Waals surface area contributed by atoms with Crippen molar-refractivity contribution in [1.29, 1.82) is 0 Å². The van der Waals surface area contributed by atoms with Crippen LogP contribution in [0.5, 0.6) is 0 Å². The molecule has 9 heteroatoms. The van der Waals surface area contributed by atoms with Crippen molar-refractivity contribution in [3.63, 3.8) is 0 Å². The van der Waals surface area contributed by atoms with Gasteiger partial charge in [0.05, 0.1) is 30.2 Å². The summed E-state index contributed by atoms with van der Waals surface area (Å²) in [6.07, 6.45) is 5.29. The van der Waals surface area contributed by atoms with Crippen LogP contribution in [-0.2, 0) is 23.9 Å². The molecule has 2 atom stereocenters. The molecule has 3 aliphatic heterocycles. The Balaban J connectivity index is 1.33. The van der Waals surface area contributed by atoms with E-state index in [9.17, 15) is 24.0 Å². The molecule has 4 rings (SSSR count). The Morgan fingerprint density at radius 3 is 2.43 bits per heavy atom. The van der Waals surface area contributed by atoms with E-state index in [1.807, 2.05) is 0 Å². The molecule has 9 nitrogen and oxygen atoms in total. The van der Waals surface area contributed by atoms with Gasteiger partial charge in [-0.05, 0) is 25.0 Å². The summed E-state index contributed by atoms with van der Waals surface area (Å²) in [5.41, 5.74) is 0.633. The average Bonchev–Trinajstić information content (AvgIpc) is 3.26. The fourth-order valence-corrected chi connectivity index (χ4v) is 3.87. The third-order valence-electron chi connectivity index (χ3n) is 5.42. The monoisotopic (exact) mass is 410 g/mol. The van der Waals surface area contributed by atoms with Crippen LogP contribution in [0.1, 0.15) is 33.6 Å². The highest BCUT2D eigenvalue weighted by Crippen LogP contribution is 2.40. The summed E-state index contributed by atoms with van der Waals surface area (Å²) >= 11 is 0. The van der Waals surface area contributed by atoms with Crippen LogP contribution in [0.15, 0.2) is 48.2 Å². The first-order chi connectivity index (χ1) is 14.4. The highest BCUT2D eigenvalue weighted by Gasteiger charge is 2.52. The maximum absolute atomic E-state index is 12.5. The SMILES string of the molecule is COC(=O)C=CCC1C(=O)N2C(C(=O)OCN3C(=O)c4ccccc4C3=O)=CCC12. The Morgan fingerprint density at radius 2 is 1.80 bits per heavy atom. The van der Waals surface area contributed by atoms with E-state index < -0.39 is 30.5 Å². The van der Waals surface area contributed by atoms with Crippen LogP contribution in [0.2, 0.25) is 0 Å². The van der Waals surface area contributed by atoms with Crippen molar-refractivity contribution in [2.45, 2.75) is 18.9 Å². The van der Waals surface area contributed by atoms with Crippen molar-refractivity contribution in [3.8, 4) is 0 Å². The Labute approximate surface area is 171 Å². The minimum absolute atomic E-state index is 0.106. The number of β-lactam (4-membered cyclic amide) rings is 1. The molecule has 2 unspecified atom stereocenters. The van der Waals surface area contributed by atoms with E-state index in [4.69, 9.17) is 4.74 Å². The highest BCUT2D eigenvalue weighted by atomic mass is 16.5. The molecule has 30 heavy (non-hydrogen) atoms. The van der Waals surface area contributed by atoms with Crippen LogP contribution in [-0.4, -0.2) is 59.3 Å². The van der Waals surface area contributed by atoms with Gasteiger partial charge in [-0.3, -0.25) is 14.4 Å². The van der Waals surface area contributed by atoms with E-state index in [0.717, 1.165) is 4.90 Å². The van der Waals surface area contributed by atoms with Crippen molar-refractivity contribution in [1.82, 2.24) is 9.80 Å². The second-order valence-electron chi connectivity index (χ2n) is 7.01. The van der Waals surface area contributed by atoms with Crippen LogP contribution in [0.25, 0.3) is 0 Å². The maximum Gasteiger partial charge on any atom is 0.356 e. The molecule has 0 radical (unpaired) electrons. The zero-order chi connectivity index (χ0) is 21.4. The summed E-state index contributed by atoms with van der Waals surface area (Å²) in [4.78, 5) is 62.9. The molecule has 0 N–H and O–H groups in total. The lowest BCUT2D eigenvalue weighted by molar-refractivity contribution is -0.157. The molecule has 1 aromatic carbocycles. The van der Waals surface area contributed by atoms with Gasteiger partial charge in [-0.1, -0.05) is 24.3 Å². The van der Waals surface area contributed by atoms with Gasteiger partial charge in [0, 0.05) is 6.08 Å². The summed E-state index contributed by atoms with van der Waals surface area (Å²) in [5.74, 6) is -2.90. The van der Waals surface area contributed by atoms with Gasteiger partial charge in [-0.15, -0.1) is 0 Å². The Morgan fingerprint density at radius 1 is 1.13 bits per heavy atom. The number of fused-ring (bicyclic) bond motifs is 2. The molecule has 1 saturated heterocycles. The summed E-state index contributed by atoms with van der Waals surface area (Å²) in [6.45, 7) is -0.527. The number of amides is 3. The number of nitrogens with zero attached hydrogens (tertiary/aromatic N) is 2. The molecule has 3 amide bonds. The molecule has 0 aromatic heterocycles. The predicted molar refractivity (Wildman–Crippen MR) is 100 cm³/mol. The number of rotatable bonds is 6. The molecule has 0 aliphatic carbocycles. The molecule has 0 saturated carbocycles. The largest absolute Gasteiger partial charge is 0.466 e. The predicted octanol–water partition coefficient (Wildman–Crippen LogP) is 1.02. The van der Waals surface area contributed by atoms with Crippen LogP contribution >= 0.6 is 0 Å². The van der Waals surface area contributed by atoms with Gasteiger partial charge in [0.2, 0.25) is 5.91 Å². The lowest BCUT2D eigenvalue weighted by Crippen LogP contribution is -2.58. The number of hydrogen-bond donors (Lipinski definition) is 0. The Hall–Kier alpha value is -3.75. The molecule has 3 heterocycles. The second-order valence-corrected chi connectivity index (χ2v) is 7.01. The minimum atomic E-state index is -0.772. The lowest BCUT2D eigenvalue weighted by Gasteiger charge is -2.43. The van der Waals surface area contributed by atoms with E-state index in [1.165, 1.54) is 30.2 Å². The first-order valence-corrected chi connectivity index (χ1v) is 9.34. The van der Waals surface area contributed by atoms with E-state index in [1.54, 1.807) is 24.3 Å². The fraction of sp³-hybridized carbons (Fsp3) is 0.286. The zero-order valence-corrected chi connectivity index (χ0v) is 16.1. The molecular formula is C21H18N2O7. The molecule has 1 fully saturated rings. The molecular weight excluding hydrogens is 392 g/mol. The number of carbonyl (C=O) groups excluding carboxylic acids is 5. The van der Waals surface area contributed by atoms with Gasteiger partial charge in [-0.2, -0.15) is 0 Å². The average molecular weight is 410 g/mol. The second kappa shape index (κ2) is 7.58. The number of esters is 2. The van der Waals surface area contributed by atoms with E-state index in [2.05, 4.69) is 4.74 Å². The number of hydrogen-bond acceptors (Lipinski definition) is 7. The lowest BCUT2D eigenvalue weighted by atomic mass is 9.85. The molecule has 3 aliphatic rings. The topological polar surface area (TPSA) is 110 Å². The van der Waals surface area contributed by atoms with Crippen molar-refractivity contribution < 1.29 is 33.4 Å². The summed E-state index contributed by atoms with van der Waals surface area (Å²) < 4.78 is 9.66. The number of imide groups is 1.